The summed E-state index contributed by atoms with van der Waals surface area (Å²) in [7, 11) is 3.20. The first-order chi connectivity index (χ1) is 9.67. The lowest BCUT2D eigenvalue weighted by molar-refractivity contribution is 0.166. The third-order valence-electron chi connectivity index (χ3n) is 3.16. The van der Waals surface area contributed by atoms with E-state index in [1.165, 1.54) is 0 Å². The molecular weight excluding hydrogens is 256 g/mol. The van der Waals surface area contributed by atoms with E-state index in [4.69, 9.17) is 9.47 Å². The van der Waals surface area contributed by atoms with E-state index < -0.39 is 0 Å². The fourth-order valence-electron chi connectivity index (χ4n) is 2.21. The van der Waals surface area contributed by atoms with Gasteiger partial charge in [0.25, 0.3) is 0 Å². The number of hydrogen-bond acceptors (Lipinski definition) is 4. The topological polar surface area (TPSA) is 58.9 Å². The maximum Gasteiger partial charge on any atom is 0.121 e. The fourth-order valence-corrected chi connectivity index (χ4v) is 2.21. The monoisotopic (exact) mass is 274 g/mol. The van der Waals surface area contributed by atoms with Crippen molar-refractivity contribution in [2.45, 2.75) is 13.2 Å². The molecular formula is C16H18O4. The predicted molar refractivity (Wildman–Crippen MR) is 76.6 cm³/mol. The summed E-state index contributed by atoms with van der Waals surface area (Å²) in [5.41, 5.74) is 3.52. The van der Waals surface area contributed by atoms with Crippen LogP contribution < -0.4 is 0 Å². The van der Waals surface area contributed by atoms with Gasteiger partial charge in [-0.15, -0.1) is 0 Å². The van der Waals surface area contributed by atoms with Crippen molar-refractivity contribution < 1.29 is 19.7 Å². The molecule has 0 saturated carbocycles. The van der Waals surface area contributed by atoms with Gasteiger partial charge in [0.05, 0.1) is 13.2 Å². The van der Waals surface area contributed by atoms with Gasteiger partial charge in [-0.3, -0.25) is 0 Å². The summed E-state index contributed by atoms with van der Waals surface area (Å²) in [5.74, 6) is 0.416. The fraction of sp³-hybridized carbons (Fsp3) is 0.250. The molecule has 2 aromatic carbocycles. The van der Waals surface area contributed by atoms with E-state index in [9.17, 15) is 10.2 Å². The van der Waals surface area contributed by atoms with E-state index >= 15 is 0 Å². The molecule has 0 aliphatic heterocycles. The number of phenolic OH excluding ortho intramolecular Hbond substituents is 2. The summed E-state index contributed by atoms with van der Waals surface area (Å²) in [6.07, 6.45) is 0. The van der Waals surface area contributed by atoms with Crippen molar-refractivity contribution in [2.75, 3.05) is 14.2 Å². The van der Waals surface area contributed by atoms with Crippen molar-refractivity contribution >= 4 is 0 Å². The molecule has 0 amide bonds. The van der Waals surface area contributed by atoms with Gasteiger partial charge in [-0.05, 0) is 34.9 Å². The number of aromatic hydroxyl groups is 2. The average molecular weight is 274 g/mol. The van der Waals surface area contributed by atoms with Crippen LogP contribution in [0.2, 0.25) is 0 Å². The molecule has 4 nitrogen and oxygen atoms in total. The van der Waals surface area contributed by atoms with E-state index in [1.807, 2.05) is 18.2 Å². The molecule has 0 fully saturated rings. The molecule has 0 aromatic heterocycles. The Hall–Kier alpha value is -2.04. The highest BCUT2D eigenvalue weighted by molar-refractivity contribution is 5.70. The number of methoxy groups -OCH3 is 2. The molecule has 0 spiro atoms. The Morgan fingerprint density at radius 1 is 0.800 bits per heavy atom. The van der Waals surface area contributed by atoms with Gasteiger partial charge in [-0.2, -0.15) is 0 Å². The van der Waals surface area contributed by atoms with Crippen molar-refractivity contribution in [3.63, 3.8) is 0 Å². The zero-order valence-electron chi connectivity index (χ0n) is 11.6. The van der Waals surface area contributed by atoms with Crippen LogP contribution in [0.1, 0.15) is 11.1 Å². The first-order valence-electron chi connectivity index (χ1n) is 6.28. The second-order valence-electron chi connectivity index (χ2n) is 4.50. The Bertz CT molecular complexity index is 576. The van der Waals surface area contributed by atoms with Crippen LogP contribution in [0.5, 0.6) is 11.5 Å². The van der Waals surface area contributed by atoms with Gasteiger partial charge >= 0.3 is 0 Å². The number of ether oxygens (including phenoxy) is 2. The summed E-state index contributed by atoms with van der Waals surface area (Å²) in [5, 5.41) is 19.4. The van der Waals surface area contributed by atoms with E-state index in [0.29, 0.717) is 13.2 Å². The molecule has 0 atom stereocenters. The SMILES string of the molecule is COCc1c(O)ccc(-c2ccc(O)cc2)c1COC. The van der Waals surface area contributed by atoms with Crippen LogP contribution in [-0.2, 0) is 22.7 Å². The third-order valence-corrected chi connectivity index (χ3v) is 3.16. The van der Waals surface area contributed by atoms with Gasteiger partial charge < -0.3 is 19.7 Å². The zero-order valence-corrected chi connectivity index (χ0v) is 11.6. The predicted octanol–water partition coefficient (Wildman–Crippen LogP) is 3.06. The van der Waals surface area contributed by atoms with Crippen molar-refractivity contribution in [1.29, 1.82) is 0 Å². The van der Waals surface area contributed by atoms with E-state index in [2.05, 4.69) is 0 Å². The van der Waals surface area contributed by atoms with Gasteiger partial charge in [0.15, 0.2) is 0 Å². The molecule has 2 rings (SSSR count). The molecule has 4 heteroatoms. The van der Waals surface area contributed by atoms with E-state index in [0.717, 1.165) is 22.3 Å². The normalized spacial score (nSPS) is 10.7. The second kappa shape index (κ2) is 6.41. The van der Waals surface area contributed by atoms with Crippen molar-refractivity contribution in [3.8, 4) is 22.6 Å². The average Bonchev–Trinajstić information content (AvgIpc) is 2.44. The highest BCUT2D eigenvalue weighted by Crippen LogP contribution is 2.33. The molecule has 0 heterocycles. The summed E-state index contributed by atoms with van der Waals surface area (Å²) >= 11 is 0. The number of phenols is 2. The Kier molecular flexibility index (Phi) is 4.61. The minimum atomic E-state index is 0.196. The highest BCUT2D eigenvalue weighted by Gasteiger charge is 2.14. The molecule has 0 aliphatic carbocycles. The van der Waals surface area contributed by atoms with Gasteiger partial charge in [0.2, 0.25) is 0 Å². The number of hydrogen-bond donors (Lipinski definition) is 2. The summed E-state index contributed by atoms with van der Waals surface area (Å²) < 4.78 is 10.4. The van der Waals surface area contributed by atoms with Crippen LogP contribution in [0, 0.1) is 0 Å². The third kappa shape index (κ3) is 2.92. The maximum atomic E-state index is 9.99. The Balaban J connectivity index is 2.56. The minimum absolute atomic E-state index is 0.196. The van der Waals surface area contributed by atoms with Crippen LogP contribution in [0.15, 0.2) is 36.4 Å². The number of benzene rings is 2. The lowest BCUT2D eigenvalue weighted by Gasteiger charge is -2.16. The Morgan fingerprint density at radius 3 is 2.00 bits per heavy atom. The Labute approximate surface area is 118 Å². The van der Waals surface area contributed by atoms with Crippen LogP contribution >= 0.6 is 0 Å². The van der Waals surface area contributed by atoms with Gasteiger partial charge in [-0.1, -0.05) is 18.2 Å². The minimum Gasteiger partial charge on any atom is -0.508 e. The van der Waals surface area contributed by atoms with E-state index in [1.54, 1.807) is 32.4 Å². The molecule has 0 saturated heterocycles. The van der Waals surface area contributed by atoms with Crippen molar-refractivity contribution in [1.82, 2.24) is 0 Å². The smallest absolute Gasteiger partial charge is 0.121 e. The van der Waals surface area contributed by atoms with Crippen LogP contribution in [-0.4, -0.2) is 24.4 Å². The molecule has 0 unspecified atom stereocenters. The second-order valence-corrected chi connectivity index (χ2v) is 4.50. The quantitative estimate of drug-likeness (QED) is 0.879. The lowest BCUT2D eigenvalue weighted by Crippen LogP contribution is -2.01. The molecule has 0 radical (unpaired) electrons. The molecule has 0 aliphatic rings. The van der Waals surface area contributed by atoms with Gasteiger partial charge in [0, 0.05) is 19.8 Å². The lowest BCUT2D eigenvalue weighted by atomic mass is 9.95. The van der Waals surface area contributed by atoms with Crippen molar-refractivity contribution in [2.24, 2.45) is 0 Å². The molecule has 20 heavy (non-hydrogen) atoms. The summed E-state index contributed by atoms with van der Waals surface area (Å²) in [4.78, 5) is 0. The van der Waals surface area contributed by atoms with Gasteiger partial charge in [0.1, 0.15) is 11.5 Å². The first kappa shape index (κ1) is 14.4. The molecule has 106 valence electrons. The first-order valence-corrected chi connectivity index (χ1v) is 6.28. The number of rotatable bonds is 5. The zero-order chi connectivity index (χ0) is 14.5. The summed E-state index contributed by atoms with van der Waals surface area (Å²) in [6.45, 7) is 0.694. The Morgan fingerprint density at radius 2 is 1.40 bits per heavy atom. The largest absolute Gasteiger partial charge is 0.508 e. The van der Waals surface area contributed by atoms with Crippen LogP contribution in [0.25, 0.3) is 11.1 Å². The van der Waals surface area contributed by atoms with Gasteiger partial charge in [-0.25, -0.2) is 0 Å². The molecule has 0 bridgehead atoms. The van der Waals surface area contributed by atoms with Crippen LogP contribution in [0.3, 0.4) is 0 Å². The molecule has 2 N–H and O–H groups in total. The standard InChI is InChI=1S/C16H18O4/c1-19-9-14-13(11-3-5-12(17)6-4-11)7-8-16(18)15(14)10-20-2/h3-8,17-18H,9-10H2,1-2H3. The maximum absolute atomic E-state index is 9.99. The van der Waals surface area contributed by atoms with Crippen LogP contribution in [0.4, 0.5) is 0 Å². The van der Waals surface area contributed by atoms with Crippen molar-refractivity contribution in [3.05, 3.63) is 47.5 Å². The van der Waals surface area contributed by atoms with E-state index in [-0.39, 0.29) is 11.5 Å². The molecule has 2 aromatic rings. The highest BCUT2D eigenvalue weighted by atomic mass is 16.5. The summed E-state index contributed by atoms with van der Waals surface area (Å²) in [6, 6.07) is 10.4.